The standard InChI is InChI=1S/C19H16N4O3S2/c24-19(22-15-6-7-18-14(9-15)11-20-23-18)13-3-1-5-17(10-13)28(25,26)21-12-16-4-2-8-27-16/h1-11,21H,12H2,(H,20,23)(H,22,24). The second kappa shape index (κ2) is 7.55. The Balaban J connectivity index is 1.51. The summed E-state index contributed by atoms with van der Waals surface area (Å²) in [5.74, 6) is -0.391. The molecule has 0 aliphatic rings. The number of H-pyrrole nitrogens is 1. The van der Waals surface area contributed by atoms with Gasteiger partial charge in [-0.15, -0.1) is 11.3 Å². The molecule has 28 heavy (non-hydrogen) atoms. The molecule has 2 aromatic carbocycles. The average molecular weight is 412 g/mol. The molecule has 4 rings (SSSR count). The molecule has 0 saturated heterocycles. The lowest BCUT2D eigenvalue weighted by Gasteiger charge is -2.09. The van der Waals surface area contributed by atoms with E-state index in [-0.39, 0.29) is 17.0 Å². The van der Waals surface area contributed by atoms with Crippen LogP contribution in [-0.4, -0.2) is 24.5 Å². The van der Waals surface area contributed by atoms with Gasteiger partial charge in [0.25, 0.3) is 5.91 Å². The van der Waals surface area contributed by atoms with Gasteiger partial charge in [-0.25, -0.2) is 13.1 Å². The Morgan fingerprint density at radius 2 is 2.00 bits per heavy atom. The van der Waals surface area contributed by atoms with E-state index < -0.39 is 15.9 Å². The molecule has 0 unspecified atom stereocenters. The van der Waals surface area contributed by atoms with Gasteiger partial charge in [-0.1, -0.05) is 12.1 Å². The van der Waals surface area contributed by atoms with Crippen LogP contribution in [0.3, 0.4) is 0 Å². The first-order chi connectivity index (χ1) is 13.5. The molecular formula is C19H16N4O3S2. The molecule has 0 aliphatic heterocycles. The number of nitrogens with zero attached hydrogens (tertiary/aromatic N) is 1. The first-order valence-corrected chi connectivity index (χ1v) is 10.7. The van der Waals surface area contributed by atoms with Crippen LogP contribution in [-0.2, 0) is 16.6 Å². The number of carbonyl (C=O) groups is 1. The molecule has 0 saturated carbocycles. The zero-order chi connectivity index (χ0) is 19.6. The smallest absolute Gasteiger partial charge is 0.255 e. The van der Waals surface area contributed by atoms with Crippen molar-refractivity contribution in [2.24, 2.45) is 0 Å². The van der Waals surface area contributed by atoms with Gasteiger partial charge in [0.15, 0.2) is 0 Å². The number of nitrogens with one attached hydrogen (secondary N) is 3. The van der Waals surface area contributed by atoms with Crippen molar-refractivity contribution >= 4 is 43.9 Å². The highest BCUT2D eigenvalue weighted by molar-refractivity contribution is 7.89. The van der Waals surface area contributed by atoms with E-state index >= 15 is 0 Å². The van der Waals surface area contributed by atoms with Gasteiger partial charge in [0.2, 0.25) is 10.0 Å². The van der Waals surface area contributed by atoms with E-state index in [0.29, 0.717) is 5.69 Å². The fourth-order valence-electron chi connectivity index (χ4n) is 2.69. The number of carbonyl (C=O) groups excluding carboxylic acids is 1. The number of amides is 1. The second-order valence-electron chi connectivity index (χ2n) is 6.06. The summed E-state index contributed by atoms with van der Waals surface area (Å²) >= 11 is 1.47. The minimum absolute atomic E-state index is 0.0435. The molecule has 9 heteroatoms. The zero-order valence-corrected chi connectivity index (χ0v) is 16.2. The number of hydrogen-bond donors (Lipinski definition) is 3. The van der Waals surface area contributed by atoms with Gasteiger partial charge in [-0.05, 0) is 47.8 Å². The van der Waals surface area contributed by atoms with Gasteiger partial charge >= 0.3 is 0 Å². The topological polar surface area (TPSA) is 104 Å². The highest BCUT2D eigenvalue weighted by atomic mass is 32.2. The van der Waals surface area contributed by atoms with Crippen LogP contribution in [0, 0.1) is 0 Å². The van der Waals surface area contributed by atoms with Gasteiger partial charge in [0.1, 0.15) is 0 Å². The maximum Gasteiger partial charge on any atom is 0.255 e. The molecule has 0 aliphatic carbocycles. The number of benzene rings is 2. The molecule has 0 fully saturated rings. The molecule has 142 valence electrons. The summed E-state index contributed by atoms with van der Waals surface area (Å²) in [6, 6.07) is 15.0. The molecule has 7 nitrogen and oxygen atoms in total. The van der Waals surface area contributed by atoms with Crippen LogP contribution in [0.4, 0.5) is 5.69 Å². The number of anilines is 1. The van der Waals surface area contributed by atoms with Gasteiger partial charge in [-0.2, -0.15) is 5.10 Å². The quantitative estimate of drug-likeness (QED) is 0.452. The summed E-state index contributed by atoms with van der Waals surface area (Å²) in [6.07, 6.45) is 1.66. The molecule has 0 radical (unpaired) electrons. The summed E-state index contributed by atoms with van der Waals surface area (Å²) in [7, 11) is -3.72. The monoisotopic (exact) mass is 412 g/mol. The Morgan fingerprint density at radius 3 is 2.82 bits per heavy atom. The number of thiophene rings is 1. The lowest BCUT2D eigenvalue weighted by Crippen LogP contribution is -2.23. The van der Waals surface area contributed by atoms with Crippen molar-refractivity contribution in [3.63, 3.8) is 0 Å². The summed E-state index contributed by atoms with van der Waals surface area (Å²) in [5.41, 5.74) is 1.72. The SMILES string of the molecule is O=C(Nc1ccc2[nH]ncc2c1)c1cccc(S(=O)(=O)NCc2cccs2)c1. The van der Waals surface area contributed by atoms with E-state index in [2.05, 4.69) is 20.2 Å². The number of aromatic nitrogens is 2. The third-order valence-electron chi connectivity index (χ3n) is 4.12. The van der Waals surface area contributed by atoms with Crippen LogP contribution in [0.2, 0.25) is 0 Å². The fourth-order valence-corrected chi connectivity index (χ4v) is 4.48. The molecule has 2 heterocycles. The van der Waals surface area contributed by atoms with Crippen LogP contribution < -0.4 is 10.0 Å². The molecule has 4 aromatic rings. The largest absolute Gasteiger partial charge is 0.322 e. The highest BCUT2D eigenvalue weighted by Crippen LogP contribution is 2.19. The minimum atomic E-state index is -3.72. The van der Waals surface area contributed by atoms with Crippen molar-refractivity contribution in [1.82, 2.24) is 14.9 Å². The van der Waals surface area contributed by atoms with Gasteiger partial charge < -0.3 is 5.32 Å². The van der Waals surface area contributed by atoms with Crippen molar-refractivity contribution in [2.45, 2.75) is 11.4 Å². The van der Waals surface area contributed by atoms with Crippen LogP contribution in [0.25, 0.3) is 10.9 Å². The normalized spacial score (nSPS) is 11.6. The molecule has 3 N–H and O–H groups in total. The Morgan fingerprint density at radius 1 is 1.11 bits per heavy atom. The number of rotatable bonds is 6. The maximum absolute atomic E-state index is 12.6. The lowest BCUT2D eigenvalue weighted by molar-refractivity contribution is 0.102. The molecule has 1 amide bonds. The number of hydrogen-bond acceptors (Lipinski definition) is 5. The number of sulfonamides is 1. The third-order valence-corrected chi connectivity index (χ3v) is 6.40. The van der Waals surface area contributed by atoms with E-state index in [4.69, 9.17) is 0 Å². The lowest BCUT2D eigenvalue weighted by atomic mass is 10.2. The highest BCUT2D eigenvalue weighted by Gasteiger charge is 2.16. The Hall–Kier alpha value is -3.01. The molecule has 0 spiro atoms. The summed E-state index contributed by atoms with van der Waals surface area (Å²) in [4.78, 5) is 13.5. The Bertz CT molecular complexity index is 1230. The predicted octanol–water partition coefficient (Wildman–Crippen LogP) is 3.36. The number of aromatic amines is 1. The third kappa shape index (κ3) is 3.96. The fraction of sp³-hybridized carbons (Fsp3) is 0.0526. The molecule has 0 bridgehead atoms. The minimum Gasteiger partial charge on any atom is -0.322 e. The molecule has 2 aromatic heterocycles. The summed E-state index contributed by atoms with van der Waals surface area (Å²) in [6.45, 7) is 0.209. The maximum atomic E-state index is 12.6. The van der Waals surface area contributed by atoms with E-state index in [1.54, 1.807) is 30.5 Å². The van der Waals surface area contributed by atoms with Gasteiger partial charge in [0, 0.05) is 28.1 Å². The van der Waals surface area contributed by atoms with Crippen LogP contribution in [0.5, 0.6) is 0 Å². The Labute approximate surface area is 165 Å². The van der Waals surface area contributed by atoms with Crippen molar-refractivity contribution in [1.29, 1.82) is 0 Å². The first kappa shape index (κ1) is 18.4. The number of fused-ring (bicyclic) bond motifs is 1. The van der Waals surface area contributed by atoms with Crippen LogP contribution in [0.1, 0.15) is 15.2 Å². The van der Waals surface area contributed by atoms with Crippen molar-refractivity contribution in [2.75, 3.05) is 5.32 Å². The predicted molar refractivity (Wildman–Crippen MR) is 109 cm³/mol. The first-order valence-electron chi connectivity index (χ1n) is 8.38. The van der Waals surface area contributed by atoms with Crippen molar-refractivity contribution in [3.8, 4) is 0 Å². The van der Waals surface area contributed by atoms with E-state index in [1.807, 2.05) is 23.6 Å². The molecular weight excluding hydrogens is 396 g/mol. The van der Waals surface area contributed by atoms with Crippen LogP contribution in [0.15, 0.2) is 71.1 Å². The van der Waals surface area contributed by atoms with E-state index in [9.17, 15) is 13.2 Å². The van der Waals surface area contributed by atoms with Gasteiger partial charge in [-0.3, -0.25) is 9.89 Å². The summed E-state index contributed by atoms with van der Waals surface area (Å²) < 4.78 is 27.6. The summed E-state index contributed by atoms with van der Waals surface area (Å²) in [5, 5.41) is 12.3. The van der Waals surface area contributed by atoms with Crippen molar-refractivity contribution in [3.05, 3.63) is 76.6 Å². The van der Waals surface area contributed by atoms with E-state index in [1.165, 1.54) is 23.5 Å². The van der Waals surface area contributed by atoms with Gasteiger partial charge in [0.05, 0.1) is 16.6 Å². The second-order valence-corrected chi connectivity index (χ2v) is 8.86. The average Bonchev–Trinajstić information content (AvgIpc) is 3.38. The van der Waals surface area contributed by atoms with Crippen molar-refractivity contribution < 1.29 is 13.2 Å². The van der Waals surface area contributed by atoms with Crippen LogP contribution >= 0.6 is 11.3 Å². The molecule has 0 atom stereocenters. The Kier molecular flexibility index (Phi) is 4.95. The van der Waals surface area contributed by atoms with E-state index in [0.717, 1.165) is 15.8 Å². The zero-order valence-electron chi connectivity index (χ0n) is 14.5.